The zero-order valence-corrected chi connectivity index (χ0v) is 19.0. The minimum Gasteiger partial charge on any atom is -0.497 e. The van der Waals surface area contributed by atoms with Crippen LogP contribution in [0.1, 0.15) is 16.2 Å². The molecule has 2 heterocycles. The second-order valence-electron chi connectivity index (χ2n) is 6.03. The SMILES string of the molecule is COc1cccc(CN=C(NCCc2ccco2)NCCc2cccs2)c1.I. The Kier molecular flexibility index (Phi) is 9.92. The van der Waals surface area contributed by atoms with Crippen molar-refractivity contribution in [3.8, 4) is 5.75 Å². The van der Waals surface area contributed by atoms with Crippen molar-refractivity contribution in [1.82, 2.24) is 10.6 Å². The molecule has 3 rings (SSSR count). The lowest BCUT2D eigenvalue weighted by atomic mass is 10.2. The van der Waals surface area contributed by atoms with Gasteiger partial charge < -0.3 is 19.8 Å². The third-order valence-electron chi connectivity index (χ3n) is 4.04. The highest BCUT2D eigenvalue weighted by Gasteiger charge is 2.02. The van der Waals surface area contributed by atoms with Crippen LogP contribution in [0.15, 0.2) is 69.6 Å². The Hall–Kier alpha value is -2.00. The van der Waals surface area contributed by atoms with E-state index in [2.05, 4.69) is 34.2 Å². The van der Waals surface area contributed by atoms with Crippen LogP contribution in [0.25, 0.3) is 0 Å². The summed E-state index contributed by atoms with van der Waals surface area (Å²) in [5, 5.41) is 8.91. The molecule has 0 radical (unpaired) electrons. The van der Waals surface area contributed by atoms with Crippen molar-refractivity contribution in [2.75, 3.05) is 20.2 Å². The summed E-state index contributed by atoms with van der Waals surface area (Å²) >= 11 is 1.78. The Bertz CT molecular complexity index is 778. The van der Waals surface area contributed by atoms with E-state index >= 15 is 0 Å². The number of hydrogen-bond acceptors (Lipinski definition) is 4. The molecule has 0 aliphatic heterocycles. The van der Waals surface area contributed by atoms with Crippen molar-refractivity contribution in [1.29, 1.82) is 0 Å². The van der Waals surface area contributed by atoms with E-state index in [1.165, 1.54) is 4.88 Å². The third kappa shape index (κ3) is 7.55. The van der Waals surface area contributed by atoms with Crippen molar-refractivity contribution >= 4 is 41.3 Å². The number of furan rings is 1. The third-order valence-corrected chi connectivity index (χ3v) is 4.98. The fraction of sp³-hybridized carbons (Fsp3) is 0.286. The van der Waals surface area contributed by atoms with E-state index in [1.807, 2.05) is 30.3 Å². The summed E-state index contributed by atoms with van der Waals surface area (Å²) < 4.78 is 10.7. The number of halogens is 1. The summed E-state index contributed by atoms with van der Waals surface area (Å²) in [4.78, 5) is 6.08. The Balaban J connectivity index is 0.00000280. The molecular weight excluding hydrogens is 485 g/mol. The number of benzene rings is 1. The van der Waals surface area contributed by atoms with Crippen LogP contribution in [-0.2, 0) is 19.4 Å². The van der Waals surface area contributed by atoms with Gasteiger partial charge in [-0.15, -0.1) is 35.3 Å². The number of hydrogen-bond donors (Lipinski definition) is 2. The monoisotopic (exact) mass is 511 g/mol. The first-order chi connectivity index (χ1) is 13.3. The summed E-state index contributed by atoms with van der Waals surface area (Å²) in [6.45, 7) is 2.19. The molecule has 0 fully saturated rings. The van der Waals surface area contributed by atoms with Crippen LogP contribution in [0, 0.1) is 0 Å². The molecule has 0 amide bonds. The molecule has 1 aromatic carbocycles. The van der Waals surface area contributed by atoms with E-state index in [4.69, 9.17) is 14.1 Å². The van der Waals surface area contributed by atoms with Crippen molar-refractivity contribution in [3.63, 3.8) is 0 Å². The Labute approximate surface area is 187 Å². The number of rotatable bonds is 9. The topological polar surface area (TPSA) is 58.8 Å². The quantitative estimate of drug-likeness (QED) is 0.253. The maximum Gasteiger partial charge on any atom is 0.191 e. The molecule has 2 N–H and O–H groups in total. The molecule has 0 saturated carbocycles. The number of aliphatic imine (C=N–C) groups is 1. The maximum atomic E-state index is 5.39. The van der Waals surface area contributed by atoms with Crippen LogP contribution in [0.4, 0.5) is 0 Å². The van der Waals surface area contributed by atoms with Gasteiger partial charge in [0.05, 0.1) is 19.9 Å². The molecule has 0 atom stereocenters. The summed E-state index contributed by atoms with van der Waals surface area (Å²) in [5.41, 5.74) is 1.11. The molecule has 0 spiro atoms. The molecule has 28 heavy (non-hydrogen) atoms. The highest BCUT2D eigenvalue weighted by Crippen LogP contribution is 2.13. The normalized spacial score (nSPS) is 11.0. The van der Waals surface area contributed by atoms with Gasteiger partial charge in [-0.3, -0.25) is 0 Å². The number of ether oxygens (including phenoxy) is 1. The predicted octanol–water partition coefficient (Wildman–Crippen LogP) is 4.49. The van der Waals surface area contributed by atoms with E-state index in [0.29, 0.717) is 6.54 Å². The fourth-order valence-corrected chi connectivity index (χ4v) is 3.34. The Morgan fingerprint density at radius 1 is 1.07 bits per heavy atom. The Morgan fingerprint density at radius 2 is 1.93 bits per heavy atom. The van der Waals surface area contributed by atoms with Crippen LogP contribution >= 0.6 is 35.3 Å². The smallest absolute Gasteiger partial charge is 0.191 e. The predicted molar refractivity (Wildman–Crippen MR) is 126 cm³/mol. The summed E-state index contributed by atoms with van der Waals surface area (Å²) in [6, 6.07) is 16.1. The van der Waals surface area contributed by atoms with Gasteiger partial charge in [0.15, 0.2) is 5.96 Å². The highest BCUT2D eigenvalue weighted by molar-refractivity contribution is 14.0. The van der Waals surface area contributed by atoms with E-state index in [1.54, 1.807) is 24.7 Å². The molecule has 3 aromatic rings. The number of guanidine groups is 1. The van der Waals surface area contributed by atoms with Crippen LogP contribution < -0.4 is 15.4 Å². The summed E-state index contributed by atoms with van der Waals surface area (Å²) in [6.07, 6.45) is 3.50. The molecule has 150 valence electrons. The summed E-state index contributed by atoms with van der Waals surface area (Å²) in [7, 11) is 1.68. The van der Waals surface area contributed by atoms with E-state index in [-0.39, 0.29) is 24.0 Å². The second kappa shape index (κ2) is 12.5. The molecule has 0 aliphatic carbocycles. The van der Waals surface area contributed by atoms with Gasteiger partial charge in [-0.1, -0.05) is 18.2 Å². The first kappa shape index (κ1) is 22.3. The first-order valence-electron chi connectivity index (χ1n) is 9.03. The van der Waals surface area contributed by atoms with Crippen molar-refractivity contribution in [2.45, 2.75) is 19.4 Å². The zero-order valence-electron chi connectivity index (χ0n) is 15.9. The van der Waals surface area contributed by atoms with Gasteiger partial charge in [0.1, 0.15) is 11.5 Å². The molecule has 7 heteroatoms. The largest absolute Gasteiger partial charge is 0.497 e. The standard InChI is InChI=1S/C21H25N3O2S.HI/c1-25-19-6-2-5-17(15-19)16-24-21(22-11-9-18-7-3-13-26-18)23-12-10-20-8-4-14-27-20;/h2-8,13-15H,9-12,16H2,1H3,(H2,22,23,24);1H. The number of thiophene rings is 1. The van der Waals surface area contributed by atoms with Gasteiger partial charge in [-0.25, -0.2) is 4.99 Å². The number of nitrogens with zero attached hydrogens (tertiary/aromatic N) is 1. The lowest BCUT2D eigenvalue weighted by Crippen LogP contribution is -2.39. The fourth-order valence-electron chi connectivity index (χ4n) is 2.63. The number of nitrogens with one attached hydrogen (secondary N) is 2. The van der Waals surface area contributed by atoms with Crippen molar-refractivity contribution < 1.29 is 9.15 Å². The van der Waals surface area contributed by atoms with Crippen molar-refractivity contribution in [3.05, 3.63) is 76.4 Å². The molecule has 0 unspecified atom stereocenters. The second-order valence-corrected chi connectivity index (χ2v) is 7.06. The average molecular weight is 511 g/mol. The van der Waals surface area contributed by atoms with E-state index in [9.17, 15) is 0 Å². The minimum atomic E-state index is 0. The van der Waals surface area contributed by atoms with Crippen LogP contribution in [-0.4, -0.2) is 26.2 Å². The number of methoxy groups -OCH3 is 1. The van der Waals surface area contributed by atoms with Gasteiger partial charge in [-0.05, 0) is 47.7 Å². The molecule has 0 saturated heterocycles. The van der Waals surface area contributed by atoms with Gasteiger partial charge in [0, 0.05) is 24.4 Å². The van der Waals surface area contributed by atoms with Gasteiger partial charge in [0.2, 0.25) is 0 Å². The average Bonchev–Trinajstić information content (AvgIpc) is 3.40. The van der Waals surface area contributed by atoms with E-state index < -0.39 is 0 Å². The first-order valence-corrected chi connectivity index (χ1v) is 9.91. The van der Waals surface area contributed by atoms with Crippen LogP contribution in [0.5, 0.6) is 5.75 Å². The molecule has 2 aromatic heterocycles. The van der Waals surface area contributed by atoms with Gasteiger partial charge >= 0.3 is 0 Å². The van der Waals surface area contributed by atoms with Gasteiger partial charge in [0.25, 0.3) is 0 Å². The highest BCUT2D eigenvalue weighted by atomic mass is 127. The van der Waals surface area contributed by atoms with Crippen molar-refractivity contribution in [2.24, 2.45) is 4.99 Å². The van der Waals surface area contributed by atoms with Gasteiger partial charge in [-0.2, -0.15) is 0 Å². The molecule has 0 bridgehead atoms. The zero-order chi connectivity index (χ0) is 18.7. The lowest BCUT2D eigenvalue weighted by Gasteiger charge is -2.12. The minimum absolute atomic E-state index is 0. The van der Waals surface area contributed by atoms with Crippen LogP contribution in [0.2, 0.25) is 0 Å². The molecular formula is C21H26IN3O2S. The molecule has 0 aliphatic rings. The van der Waals surface area contributed by atoms with E-state index in [0.717, 1.165) is 49.0 Å². The molecule has 5 nitrogen and oxygen atoms in total. The maximum absolute atomic E-state index is 5.39. The van der Waals surface area contributed by atoms with Crippen LogP contribution in [0.3, 0.4) is 0 Å². The summed E-state index contributed by atoms with van der Waals surface area (Å²) in [5.74, 6) is 2.62. The Morgan fingerprint density at radius 3 is 2.64 bits per heavy atom. The lowest BCUT2D eigenvalue weighted by molar-refractivity contribution is 0.414.